The summed E-state index contributed by atoms with van der Waals surface area (Å²) >= 11 is 1.65. The molecular formula is C14H16N2O3S. The van der Waals surface area contributed by atoms with Crippen molar-refractivity contribution in [3.63, 3.8) is 0 Å². The highest BCUT2D eigenvalue weighted by atomic mass is 32.1. The molecule has 0 atom stereocenters. The molecule has 0 saturated carbocycles. The summed E-state index contributed by atoms with van der Waals surface area (Å²) in [4.78, 5) is 26.9. The third kappa shape index (κ3) is 4.03. The summed E-state index contributed by atoms with van der Waals surface area (Å²) in [5.74, 6) is -0.582. The molecule has 0 aliphatic heterocycles. The SMILES string of the molecule is COC(=O)CNC(=O)CCCc1nc2ccccc2s1. The molecule has 2 rings (SSSR count). The topological polar surface area (TPSA) is 68.3 Å². The molecule has 0 aliphatic rings. The highest BCUT2D eigenvalue weighted by molar-refractivity contribution is 7.18. The predicted molar refractivity (Wildman–Crippen MR) is 77.6 cm³/mol. The lowest BCUT2D eigenvalue weighted by atomic mass is 10.2. The number of carbonyl (C=O) groups is 2. The Morgan fingerprint density at radius 2 is 2.15 bits per heavy atom. The molecule has 1 N–H and O–H groups in total. The smallest absolute Gasteiger partial charge is 0.325 e. The average Bonchev–Trinajstić information content (AvgIpc) is 2.87. The summed E-state index contributed by atoms with van der Waals surface area (Å²) in [6.45, 7) is -0.0729. The van der Waals surface area contributed by atoms with E-state index in [4.69, 9.17) is 0 Å². The lowest BCUT2D eigenvalue weighted by Gasteiger charge is -2.02. The number of thiazole rings is 1. The summed E-state index contributed by atoms with van der Waals surface area (Å²) in [6, 6.07) is 7.98. The second-order valence-electron chi connectivity index (χ2n) is 4.28. The number of nitrogens with zero attached hydrogens (tertiary/aromatic N) is 1. The predicted octanol–water partition coefficient (Wildman–Crippen LogP) is 1.91. The van der Waals surface area contributed by atoms with Crippen molar-refractivity contribution in [3.05, 3.63) is 29.3 Å². The van der Waals surface area contributed by atoms with E-state index in [2.05, 4.69) is 15.0 Å². The Labute approximate surface area is 121 Å². The number of aryl methyl sites for hydroxylation is 1. The summed E-state index contributed by atoms with van der Waals surface area (Å²) in [5, 5.41) is 3.55. The first kappa shape index (κ1) is 14.5. The molecule has 6 heteroatoms. The van der Waals surface area contributed by atoms with Gasteiger partial charge < -0.3 is 10.1 Å². The minimum Gasteiger partial charge on any atom is -0.468 e. The van der Waals surface area contributed by atoms with Gasteiger partial charge in [-0.2, -0.15) is 0 Å². The number of hydrogen-bond acceptors (Lipinski definition) is 5. The van der Waals surface area contributed by atoms with E-state index in [-0.39, 0.29) is 12.5 Å². The Hall–Kier alpha value is -1.95. The van der Waals surface area contributed by atoms with E-state index in [0.29, 0.717) is 12.8 Å². The van der Waals surface area contributed by atoms with Crippen LogP contribution in [0.4, 0.5) is 0 Å². The number of benzene rings is 1. The Balaban J connectivity index is 1.75. The van der Waals surface area contributed by atoms with Crippen LogP contribution in [0.25, 0.3) is 10.2 Å². The van der Waals surface area contributed by atoms with Crippen molar-refractivity contribution in [1.29, 1.82) is 0 Å². The Morgan fingerprint density at radius 3 is 2.90 bits per heavy atom. The lowest BCUT2D eigenvalue weighted by Crippen LogP contribution is -2.29. The largest absolute Gasteiger partial charge is 0.468 e. The van der Waals surface area contributed by atoms with Gasteiger partial charge in [0.25, 0.3) is 0 Å². The van der Waals surface area contributed by atoms with Crippen LogP contribution in [0, 0.1) is 0 Å². The highest BCUT2D eigenvalue weighted by Crippen LogP contribution is 2.22. The first-order valence-electron chi connectivity index (χ1n) is 6.37. The fourth-order valence-corrected chi connectivity index (χ4v) is 2.77. The number of carbonyl (C=O) groups excluding carboxylic acids is 2. The zero-order valence-electron chi connectivity index (χ0n) is 11.2. The van der Waals surface area contributed by atoms with Crippen LogP contribution < -0.4 is 5.32 Å². The van der Waals surface area contributed by atoms with Crippen LogP contribution in [-0.2, 0) is 20.7 Å². The van der Waals surface area contributed by atoms with Gasteiger partial charge in [-0.25, -0.2) is 4.98 Å². The van der Waals surface area contributed by atoms with E-state index in [0.717, 1.165) is 21.6 Å². The number of methoxy groups -OCH3 is 1. The number of amides is 1. The summed E-state index contributed by atoms with van der Waals surface area (Å²) in [6.07, 6.45) is 1.87. The van der Waals surface area contributed by atoms with Gasteiger partial charge >= 0.3 is 5.97 Å². The maximum atomic E-state index is 11.5. The normalized spacial score (nSPS) is 10.4. The number of fused-ring (bicyclic) bond motifs is 1. The fourth-order valence-electron chi connectivity index (χ4n) is 1.76. The van der Waals surface area contributed by atoms with E-state index >= 15 is 0 Å². The molecule has 0 saturated heterocycles. The van der Waals surface area contributed by atoms with Crippen LogP contribution in [0.2, 0.25) is 0 Å². The van der Waals surface area contributed by atoms with Gasteiger partial charge in [0.15, 0.2) is 0 Å². The van der Waals surface area contributed by atoms with Crippen molar-refractivity contribution < 1.29 is 14.3 Å². The molecule has 106 valence electrons. The maximum absolute atomic E-state index is 11.5. The van der Waals surface area contributed by atoms with Crippen LogP contribution in [-0.4, -0.2) is 30.5 Å². The molecule has 0 bridgehead atoms. The minimum absolute atomic E-state index is 0.0729. The molecule has 0 unspecified atom stereocenters. The van der Waals surface area contributed by atoms with Gasteiger partial charge in [0.1, 0.15) is 6.54 Å². The standard InChI is InChI=1S/C14H16N2O3S/c1-19-14(18)9-15-12(17)7-4-8-13-16-10-5-2-3-6-11(10)20-13/h2-3,5-6H,4,7-9H2,1H3,(H,15,17). The third-order valence-electron chi connectivity index (χ3n) is 2.79. The number of ether oxygens (including phenoxy) is 1. The molecule has 5 nitrogen and oxygen atoms in total. The molecule has 1 aromatic heterocycles. The molecule has 1 aromatic carbocycles. The first-order chi connectivity index (χ1) is 9.69. The molecule has 1 amide bonds. The minimum atomic E-state index is -0.440. The van der Waals surface area contributed by atoms with Gasteiger partial charge in [-0.1, -0.05) is 12.1 Å². The van der Waals surface area contributed by atoms with Crippen molar-refractivity contribution in [2.24, 2.45) is 0 Å². The van der Waals surface area contributed by atoms with Crippen molar-refractivity contribution in [2.45, 2.75) is 19.3 Å². The van der Waals surface area contributed by atoms with E-state index < -0.39 is 5.97 Å². The average molecular weight is 292 g/mol. The second-order valence-corrected chi connectivity index (χ2v) is 5.40. The summed E-state index contributed by atoms with van der Waals surface area (Å²) in [7, 11) is 1.29. The summed E-state index contributed by atoms with van der Waals surface area (Å²) in [5.41, 5.74) is 1.00. The van der Waals surface area contributed by atoms with Crippen LogP contribution in [0.3, 0.4) is 0 Å². The second kappa shape index (κ2) is 7.00. The molecule has 20 heavy (non-hydrogen) atoms. The zero-order valence-corrected chi connectivity index (χ0v) is 12.0. The number of aromatic nitrogens is 1. The van der Waals surface area contributed by atoms with E-state index in [1.165, 1.54) is 7.11 Å². The van der Waals surface area contributed by atoms with Gasteiger partial charge in [0, 0.05) is 6.42 Å². The number of esters is 1. The first-order valence-corrected chi connectivity index (χ1v) is 7.18. The quantitative estimate of drug-likeness (QED) is 0.826. The molecule has 0 fully saturated rings. The van der Waals surface area contributed by atoms with Crippen LogP contribution in [0.5, 0.6) is 0 Å². The van der Waals surface area contributed by atoms with Crippen LogP contribution >= 0.6 is 11.3 Å². The number of nitrogens with one attached hydrogen (secondary N) is 1. The van der Waals surface area contributed by atoms with Crippen molar-refractivity contribution in [1.82, 2.24) is 10.3 Å². The Bertz CT molecular complexity index is 576. The molecule has 1 heterocycles. The number of hydrogen-bond donors (Lipinski definition) is 1. The van der Waals surface area contributed by atoms with E-state index in [1.807, 2.05) is 24.3 Å². The van der Waals surface area contributed by atoms with Gasteiger partial charge in [-0.05, 0) is 25.0 Å². The van der Waals surface area contributed by atoms with Gasteiger partial charge in [0.2, 0.25) is 5.91 Å². The molecule has 0 spiro atoms. The van der Waals surface area contributed by atoms with E-state index in [1.54, 1.807) is 11.3 Å². The van der Waals surface area contributed by atoms with Crippen molar-refractivity contribution in [3.8, 4) is 0 Å². The summed E-state index contributed by atoms with van der Waals surface area (Å²) < 4.78 is 5.61. The highest BCUT2D eigenvalue weighted by Gasteiger charge is 2.07. The van der Waals surface area contributed by atoms with Crippen molar-refractivity contribution >= 4 is 33.4 Å². The van der Waals surface area contributed by atoms with Crippen molar-refractivity contribution in [2.75, 3.05) is 13.7 Å². The molecular weight excluding hydrogens is 276 g/mol. The van der Waals surface area contributed by atoms with Crippen LogP contribution in [0.15, 0.2) is 24.3 Å². The zero-order chi connectivity index (χ0) is 14.4. The lowest BCUT2D eigenvalue weighted by molar-refractivity contribution is -0.141. The third-order valence-corrected chi connectivity index (χ3v) is 3.89. The molecule has 2 aromatic rings. The Morgan fingerprint density at radius 1 is 1.35 bits per heavy atom. The van der Waals surface area contributed by atoms with Gasteiger partial charge in [-0.3, -0.25) is 9.59 Å². The molecule has 0 radical (unpaired) electrons. The van der Waals surface area contributed by atoms with Gasteiger partial charge in [0.05, 0.1) is 22.3 Å². The Kier molecular flexibility index (Phi) is 5.06. The number of rotatable bonds is 6. The monoisotopic (exact) mass is 292 g/mol. The van der Waals surface area contributed by atoms with Crippen LogP contribution in [0.1, 0.15) is 17.8 Å². The molecule has 0 aliphatic carbocycles. The number of para-hydroxylation sites is 1. The fraction of sp³-hybridized carbons (Fsp3) is 0.357. The van der Waals surface area contributed by atoms with Gasteiger partial charge in [-0.15, -0.1) is 11.3 Å². The van der Waals surface area contributed by atoms with E-state index in [9.17, 15) is 9.59 Å². The maximum Gasteiger partial charge on any atom is 0.325 e.